The van der Waals surface area contributed by atoms with Crippen LogP contribution in [0.15, 0.2) is 12.7 Å². The Hall–Kier alpha value is -0.380. The van der Waals surface area contributed by atoms with Gasteiger partial charge in [-0.1, -0.05) is 6.08 Å². The molecule has 3 aliphatic rings. The summed E-state index contributed by atoms with van der Waals surface area (Å²) in [6.45, 7) is 8.80. The molecule has 1 aliphatic carbocycles. The monoisotopic (exact) mass is 251 g/mol. The minimum Gasteiger partial charge on any atom is -0.372 e. The van der Waals surface area contributed by atoms with Crippen molar-refractivity contribution in [2.75, 3.05) is 32.8 Å². The van der Waals surface area contributed by atoms with E-state index in [1.165, 1.54) is 38.8 Å². The molecule has 2 heterocycles. The number of likely N-dealkylation sites (tertiary alicyclic amines) is 1. The standard InChI is InChI=1S/C15H25NO2/c1-2-8-17-14-9-15(18-11-14)6-3-7-16(12-15)10-13-4-5-13/h2,13-14H,1,3-12H2/t14-,15-/m1/s1. The molecular weight excluding hydrogens is 226 g/mol. The van der Waals surface area contributed by atoms with Gasteiger partial charge in [0.2, 0.25) is 0 Å². The molecule has 3 nitrogen and oxygen atoms in total. The number of hydrogen-bond donors (Lipinski definition) is 0. The number of nitrogens with zero attached hydrogens (tertiary/aromatic N) is 1. The second kappa shape index (κ2) is 5.32. The molecule has 0 aromatic rings. The van der Waals surface area contributed by atoms with E-state index in [0.717, 1.165) is 25.5 Å². The zero-order chi connectivity index (χ0) is 12.4. The van der Waals surface area contributed by atoms with Gasteiger partial charge in [-0.2, -0.15) is 0 Å². The first-order chi connectivity index (χ1) is 8.80. The molecule has 0 unspecified atom stereocenters. The van der Waals surface area contributed by atoms with Crippen molar-refractivity contribution in [3.8, 4) is 0 Å². The Morgan fingerprint density at radius 2 is 2.33 bits per heavy atom. The average Bonchev–Trinajstić information content (AvgIpc) is 3.10. The molecule has 0 aromatic heterocycles. The number of piperidine rings is 1. The van der Waals surface area contributed by atoms with Gasteiger partial charge >= 0.3 is 0 Å². The van der Waals surface area contributed by atoms with Gasteiger partial charge < -0.3 is 14.4 Å². The van der Waals surface area contributed by atoms with Gasteiger partial charge in [-0.3, -0.25) is 0 Å². The number of hydrogen-bond acceptors (Lipinski definition) is 3. The number of rotatable bonds is 5. The van der Waals surface area contributed by atoms with Crippen LogP contribution < -0.4 is 0 Å². The maximum absolute atomic E-state index is 6.12. The highest BCUT2D eigenvalue weighted by Gasteiger charge is 2.44. The molecule has 0 radical (unpaired) electrons. The highest BCUT2D eigenvalue weighted by Crippen LogP contribution is 2.37. The first kappa shape index (κ1) is 12.6. The highest BCUT2D eigenvalue weighted by atomic mass is 16.6. The third kappa shape index (κ3) is 2.95. The Bertz CT molecular complexity index is 303. The van der Waals surface area contributed by atoms with Crippen molar-refractivity contribution in [3.05, 3.63) is 12.7 Å². The molecule has 0 amide bonds. The summed E-state index contributed by atoms with van der Waals surface area (Å²) < 4.78 is 11.9. The Morgan fingerprint density at radius 1 is 1.44 bits per heavy atom. The first-order valence-corrected chi connectivity index (χ1v) is 7.38. The minimum atomic E-state index is 0.0962. The van der Waals surface area contributed by atoms with E-state index < -0.39 is 0 Å². The summed E-state index contributed by atoms with van der Waals surface area (Å²) in [4.78, 5) is 2.62. The van der Waals surface area contributed by atoms with Crippen molar-refractivity contribution in [3.63, 3.8) is 0 Å². The lowest BCUT2D eigenvalue weighted by Gasteiger charge is -2.39. The van der Waals surface area contributed by atoms with Gasteiger partial charge in [0.1, 0.15) is 0 Å². The molecule has 0 aromatic carbocycles. The fraction of sp³-hybridized carbons (Fsp3) is 0.867. The van der Waals surface area contributed by atoms with E-state index in [4.69, 9.17) is 9.47 Å². The Balaban J connectivity index is 1.52. The van der Waals surface area contributed by atoms with Crippen molar-refractivity contribution in [2.24, 2.45) is 5.92 Å². The zero-order valence-corrected chi connectivity index (χ0v) is 11.3. The molecule has 3 rings (SSSR count). The predicted octanol–water partition coefficient (Wildman–Crippen LogP) is 2.22. The molecule has 1 saturated carbocycles. The van der Waals surface area contributed by atoms with Crippen LogP contribution in [-0.4, -0.2) is 49.5 Å². The topological polar surface area (TPSA) is 21.7 Å². The first-order valence-electron chi connectivity index (χ1n) is 7.38. The molecule has 2 aliphatic heterocycles. The Kier molecular flexibility index (Phi) is 3.73. The van der Waals surface area contributed by atoms with Gasteiger partial charge in [-0.05, 0) is 38.1 Å². The second-order valence-electron chi connectivity index (χ2n) is 6.22. The molecule has 1 spiro atoms. The van der Waals surface area contributed by atoms with E-state index in [2.05, 4.69) is 11.5 Å². The normalized spacial score (nSPS) is 37.2. The van der Waals surface area contributed by atoms with Crippen LogP contribution in [0.3, 0.4) is 0 Å². The maximum Gasteiger partial charge on any atom is 0.0841 e. The molecule has 0 bridgehead atoms. The maximum atomic E-state index is 6.12. The predicted molar refractivity (Wildman–Crippen MR) is 71.6 cm³/mol. The summed E-state index contributed by atoms with van der Waals surface area (Å²) >= 11 is 0. The fourth-order valence-corrected chi connectivity index (χ4v) is 3.41. The van der Waals surface area contributed by atoms with Crippen LogP contribution in [0.25, 0.3) is 0 Å². The van der Waals surface area contributed by atoms with E-state index >= 15 is 0 Å². The summed E-state index contributed by atoms with van der Waals surface area (Å²) in [5, 5.41) is 0. The molecule has 102 valence electrons. The molecule has 3 heteroatoms. The van der Waals surface area contributed by atoms with Crippen LogP contribution in [-0.2, 0) is 9.47 Å². The summed E-state index contributed by atoms with van der Waals surface area (Å²) in [5.41, 5.74) is 0.0962. The van der Waals surface area contributed by atoms with Crippen LogP contribution in [0, 0.1) is 5.92 Å². The summed E-state index contributed by atoms with van der Waals surface area (Å²) in [6, 6.07) is 0. The average molecular weight is 251 g/mol. The largest absolute Gasteiger partial charge is 0.372 e. The minimum absolute atomic E-state index is 0.0962. The molecule has 0 N–H and O–H groups in total. The van der Waals surface area contributed by atoms with Gasteiger partial charge in [-0.15, -0.1) is 6.58 Å². The zero-order valence-electron chi connectivity index (χ0n) is 11.3. The third-order valence-electron chi connectivity index (χ3n) is 4.46. The lowest BCUT2D eigenvalue weighted by molar-refractivity contribution is -0.0533. The lowest BCUT2D eigenvalue weighted by atomic mass is 9.89. The molecule has 2 atom stereocenters. The Morgan fingerprint density at radius 3 is 3.11 bits per heavy atom. The van der Waals surface area contributed by atoms with Crippen molar-refractivity contribution in [1.82, 2.24) is 4.90 Å². The third-order valence-corrected chi connectivity index (χ3v) is 4.46. The van der Waals surface area contributed by atoms with Crippen LogP contribution in [0.2, 0.25) is 0 Å². The van der Waals surface area contributed by atoms with Crippen LogP contribution in [0.5, 0.6) is 0 Å². The second-order valence-corrected chi connectivity index (χ2v) is 6.22. The SMILES string of the molecule is C=CCO[C@H]1CO[C@]2(CCCN(CC3CC3)C2)C1. The van der Waals surface area contributed by atoms with Gasteiger partial charge in [0.05, 0.1) is 24.9 Å². The van der Waals surface area contributed by atoms with Gasteiger partial charge in [0.15, 0.2) is 0 Å². The summed E-state index contributed by atoms with van der Waals surface area (Å²) in [5.74, 6) is 0.981. The van der Waals surface area contributed by atoms with E-state index in [-0.39, 0.29) is 11.7 Å². The smallest absolute Gasteiger partial charge is 0.0841 e. The molecule has 18 heavy (non-hydrogen) atoms. The highest BCUT2D eigenvalue weighted by molar-refractivity contribution is 4.96. The van der Waals surface area contributed by atoms with Gasteiger partial charge in [0.25, 0.3) is 0 Å². The fourth-order valence-electron chi connectivity index (χ4n) is 3.41. The van der Waals surface area contributed by atoms with E-state index in [1.807, 2.05) is 6.08 Å². The summed E-state index contributed by atoms with van der Waals surface area (Å²) in [7, 11) is 0. The molecule has 2 saturated heterocycles. The van der Waals surface area contributed by atoms with Crippen molar-refractivity contribution < 1.29 is 9.47 Å². The number of ether oxygens (including phenoxy) is 2. The van der Waals surface area contributed by atoms with Gasteiger partial charge in [0, 0.05) is 19.5 Å². The van der Waals surface area contributed by atoms with Crippen LogP contribution in [0.1, 0.15) is 32.1 Å². The van der Waals surface area contributed by atoms with E-state index in [9.17, 15) is 0 Å². The quantitative estimate of drug-likeness (QED) is 0.699. The van der Waals surface area contributed by atoms with Crippen LogP contribution in [0.4, 0.5) is 0 Å². The van der Waals surface area contributed by atoms with Crippen molar-refractivity contribution in [1.29, 1.82) is 0 Å². The van der Waals surface area contributed by atoms with E-state index in [0.29, 0.717) is 6.61 Å². The van der Waals surface area contributed by atoms with Crippen molar-refractivity contribution >= 4 is 0 Å². The Labute approximate surface area is 110 Å². The van der Waals surface area contributed by atoms with E-state index in [1.54, 1.807) is 0 Å². The molecule has 3 fully saturated rings. The van der Waals surface area contributed by atoms with Crippen molar-refractivity contribution in [2.45, 2.75) is 43.8 Å². The van der Waals surface area contributed by atoms with Crippen LogP contribution >= 0.6 is 0 Å². The summed E-state index contributed by atoms with van der Waals surface area (Å²) in [6.07, 6.45) is 8.55. The lowest BCUT2D eigenvalue weighted by Crippen LogP contribution is -2.48. The molecular formula is C15H25NO2. The van der Waals surface area contributed by atoms with Gasteiger partial charge in [-0.25, -0.2) is 0 Å².